The van der Waals surface area contributed by atoms with E-state index in [0.717, 1.165) is 62.3 Å². The van der Waals surface area contributed by atoms with Gasteiger partial charge in [0, 0.05) is 24.5 Å². The van der Waals surface area contributed by atoms with Crippen molar-refractivity contribution < 1.29 is 18.7 Å². The number of hydrogen-bond acceptors (Lipinski definition) is 4. The lowest BCUT2D eigenvalue weighted by molar-refractivity contribution is -0.120. The first-order valence-corrected chi connectivity index (χ1v) is 16.0. The van der Waals surface area contributed by atoms with Crippen LogP contribution < -0.4 is 14.8 Å². The zero-order valence-electron chi connectivity index (χ0n) is 27.1. The van der Waals surface area contributed by atoms with E-state index in [-0.39, 0.29) is 42.0 Å². The first-order valence-electron chi connectivity index (χ1n) is 16.0. The lowest BCUT2D eigenvalue weighted by atomic mass is 9.68. The van der Waals surface area contributed by atoms with Gasteiger partial charge < -0.3 is 14.8 Å². The average Bonchev–Trinajstić information content (AvgIpc) is 3.08. The molecule has 5 nitrogen and oxygen atoms in total. The minimum Gasteiger partial charge on any atom is -0.493 e. The van der Waals surface area contributed by atoms with Crippen LogP contribution in [0.25, 0.3) is 0 Å². The normalized spacial score (nSPS) is 14.6. The van der Waals surface area contributed by atoms with Crippen molar-refractivity contribution in [2.75, 3.05) is 33.9 Å². The fraction of sp³-hybridized carbons (Fsp3) is 0.359. The molecule has 5 rings (SSSR count). The molecule has 0 aromatic heterocycles. The van der Waals surface area contributed by atoms with E-state index in [2.05, 4.69) is 89.9 Å². The highest BCUT2D eigenvalue weighted by atomic mass is 35.5. The summed E-state index contributed by atoms with van der Waals surface area (Å²) in [5.74, 6) is 1.24. The lowest BCUT2D eigenvalue weighted by Crippen LogP contribution is -2.36. The van der Waals surface area contributed by atoms with Crippen LogP contribution in [0.4, 0.5) is 4.39 Å². The minimum atomic E-state index is -0.294. The van der Waals surface area contributed by atoms with Gasteiger partial charge in [0.2, 0.25) is 5.91 Å². The van der Waals surface area contributed by atoms with Gasteiger partial charge in [-0.2, -0.15) is 0 Å². The summed E-state index contributed by atoms with van der Waals surface area (Å²) in [6, 6.07) is 32.4. The molecule has 46 heavy (non-hydrogen) atoms. The highest BCUT2D eigenvalue weighted by Crippen LogP contribution is 2.42. The molecule has 0 spiro atoms. The molecule has 1 aliphatic rings. The second kappa shape index (κ2) is 16.6. The molecule has 0 saturated carbocycles. The van der Waals surface area contributed by atoms with E-state index in [1.54, 1.807) is 26.4 Å². The van der Waals surface area contributed by atoms with Crippen molar-refractivity contribution in [3.63, 3.8) is 0 Å². The molecule has 0 radical (unpaired) electrons. The Kier molecular flexibility index (Phi) is 12.6. The van der Waals surface area contributed by atoms with Gasteiger partial charge in [0.15, 0.2) is 11.5 Å². The molecule has 1 unspecified atom stereocenters. The number of methoxy groups -OCH3 is 2. The Morgan fingerprint density at radius 3 is 2.07 bits per heavy atom. The Labute approximate surface area is 279 Å². The van der Waals surface area contributed by atoms with E-state index in [1.165, 1.54) is 34.4 Å². The van der Waals surface area contributed by atoms with Crippen molar-refractivity contribution in [2.24, 2.45) is 0 Å². The van der Waals surface area contributed by atoms with Crippen LogP contribution in [0.5, 0.6) is 11.5 Å². The largest absolute Gasteiger partial charge is 0.493 e. The quantitative estimate of drug-likeness (QED) is 0.141. The number of halogens is 2. The van der Waals surface area contributed by atoms with E-state index in [0.29, 0.717) is 6.54 Å². The fourth-order valence-corrected chi connectivity index (χ4v) is 6.94. The van der Waals surface area contributed by atoms with E-state index >= 15 is 0 Å². The second-order valence-corrected chi connectivity index (χ2v) is 12.0. The monoisotopic (exact) mass is 644 g/mol. The van der Waals surface area contributed by atoms with Crippen molar-refractivity contribution in [1.29, 1.82) is 0 Å². The number of hydrogen-bond donors (Lipinski definition) is 1. The molecular formula is C39H46ClFN2O3. The predicted molar refractivity (Wildman–Crippen MR) is 186 cm³/mol. The highest BCUT2D eigenvalue weighted by molar-refractivity contribution is 5.85. The third-order valence-electron chi connectivity index (χ3n) is 9.39. The van der Waals surface area contributed by atoms with Crippen LogP contribution in [0.3, 0.4) is 0 Å². The molecule has 0 fully saturated rings. The van der Waals surface area contributed by atoms with Gasteiger partial charge in [-0.3, -0.25) is 9.69 Å². The third-order valence-corrected chi connectivity index (χ3v) is 9.39. The van der Waals surface area contributed by atoms with Crippen LogP contribution in [-0.4, -0.2) is 44.7 Å². The van der Waals surface area contributed by atoms with E-state index in [9.17, 15) is 9.18 Å². The van der Waals surface area contributed by atoms with Gasteiger partial charge in [0.1, 0.15) is 5.82 Å². The summed E-state index contributed by atoms with van der Waals surface area (Å²) >= 11 is 0. The second-order valence-electron chi connectivity index (χ2n) is 12.0. The minimum absolute atomic E-state index is 0. The third kappa shape index (κ3) is 8.28. The maximum absolute atomic E-state index is 13.3. The number of benzene rings is 4. The molecule has 4 aromatic rings. The summed E-state index contributed by atoms with van der Waals surface area (Å²) in [5.41, 5.74) is 5.89. The molecule has 4 aromatic carbocycles. The average molecular weight is 645 g/mol. The molecule has 1 heterocycles. The van der Waals surface area contributed by atoms with Gasteiger partial charge in [0.05, 0.1) is 20.6 Å². The van der Waals surface area contributed by atoms with Gasteiger partial charge in [-0.1, -0.05) is 72.8 Å². The number of carbonyl (C=O) groups is 1. The predicted octanol–water partition coefficient (Wildman–Crippen LogP) is 8.09. The molecule has 7 heteroatoms. The van der Waals surface area contributed by atoms with E-state index in [1.807, 2.05) is 0 Å². The smallest absolute Gasteiger partial charge is 0.224 e. The molecule has 0 saturated heterocycles. The van der Waals surface area contributed by atoms with Crippen LogP contribution in [0.1, 0.15) is 66.5 Å². The molecule has 1 aliphatic heterocycles. The Hall–Kier alpha value is -3.87. The molecule has 1 amide bonds. The zero-order chi connectivity index (χ0) is 31.6. The van der Waals surface area contributed by atoms with Crippen LogP contribution in [0.2, 0.25) is 0 Å². The van der Waals surface area contributed by atoms with Crippen molar-refractivity contribution in [3.8, 4) is 11.5 Å². The van der Waals surface area contributed by atoms with Gasteiger partial charge >= 0.3 is 0 Å². The maximum Gasteiger partial charge on any atom is 0.224 e. The van der Waals surface area contributed by atoms with Gasteiger partial charge in [-0.05, 0) is 97.7 Å². The topological polar surface area (TPSA) is 50.8 Å². The zero-order valence-corrected chi connectivity index (χ0v) is 28.0. The lowest BCUT2D eigenvalue weighted by Gasteiger charge is -2.39. The first kappa shape index (κ1) is 35.0. The Balaban J connectivity index is 0.00000480. The molecule has 0 aliphatic carbocycles. The van der Waals surface area contributed by atoms with Crippen LogP contribution in [0.15, 0.2) is 97.1 Å². The Bertz CT molecular complexity index is 1490. The fourth-order valence-electron chi connectivity index (χ4n) is 6.94. The van der Waals surface area contributed by atoms with Gasteiger partial charge in [0.25, 0.3) is 0 Å². The van der Waals surface area contributed by atoms with Crippen molar-refractivity contribution in [2.45, 2.75) is 56.9 Å². The molecule has 1 N–H and O–H groups in total. The summed E-state index contributed by atoms with van der Waals surface area (Å²) in [4.78, 5) is 15.3. The Morgan fingerprint density at radius 2 is 1.46 bits per heavy atom. The summed E-state index contributed by atoms with van der Waals surface area (Å²) < 4.78 is 24.5. The number of amides is 1. The summed E-state index contributed by atoms with van der Waals surface area (Å²) in [7, 11) is 3.38. The number of ether oxygens (including phenoxy) is 2. The summed E-state index contributed by atoms with van der Waals surface area (Å²) in [6.07, 6.45) is 5.01. The number of carbonyl (C=O) groups excluding carboxylic acids is 1. The van der Waals surface area contributed by atoms with Crippen molar-refractivity contribution in [1.82, 2.24) is 10.2 Å². The molecule has 0 bridgehead atoms. The van der Waals surface area contributed by atoms with E-state index in [4.69, 9.17) is 9.47 Å². The van der Waals surface area contributed by atoms with Crippen molar-refractivity contribution in [3.05, 3.63) is 131 Å². The molecule has 1 atom stereocenters. The van der Waals surface area contributed by atoms with Crippen LogP contribution >= 0.6 is 12.4 Å². The summed E-state index contributed by atoms with van der Waals surface area (Å²) in [6.45, 7) is 4.88. The van der Waals surface area contributed by atoms with Gasteiger partial charge in [-0.15, -0.1) is 12.4 Å². The van der Waals surface area contributed by atoms with Crippen LogP contribution in [-0.2, 0) is 23.1 Å². The van der Waals surface area contributed by atoms with E-state index < -0.39 is 0 Å². The summed E-state index contributed by atoms with van der Waals surface area (Å²) in [5, 5.41) is 3.10. The number of fused-ring (bicyclic) bond motifs is 1. The molecule has 244 valence electrons. The molecular weight excluding hydrogens is 599 g/mol. The SMILES string of the molecule is COc1cc2c(cc1OC)C(C)N(CCCC(CCCNC(=O)Cc1ccc(F)cc1)(c1ccccc1)c1ccccc1)CC2.Cl. The van der Waals surface area contributed by atoms with Gasteiger partial charge in [-0.25, -0.2) is 4.39 Å². The maximum atomic E-state index is 13.3. The standard InChI is InChI=1S/C39H45FN2O3.ClH/c1-29-35-28-37(45-3)36(44-2)27-31(35)20-25-42(29)24-11-22-39(32-12-6-4-7-13-32,33-14-8-5-9-15-33)21-10-23-41-38(43)26-30-16-18-34(40)19-17-30;/h4-9,12-19,27-29H,10-11,20-26H2,1-3H3,(H,41,43);1H. The number of rotatable bonds is 14. The number of nitrogens with one attached hydrogen (secondary N) is 1. The Morgan fingerprint density at radius 1 is 0.870 bits per heavy atom. The number of nitrogens with zero attached hydrogens (tertiary/aromatic N) is 1. The van der Waals surface area contributed by atoms with Crippen molar-refractivity contribution >= 4 is 18.3 Å². The first-order chi connectivity index (χ1) is 21.9. The highest BCUT2D eigenvalue weighted by Gasteiger charge is 2.34. The van der Waals surface area contributed by atoms with Crippen LogP contribution in [0, 0.1) is 5.82 Å².